The SMILES string of the molecule is COc1cc(Br)c([C@@H]2C3=C(CCCC3=O)N=C(C)C2C(=O)OCc2ccccc2)cc1OC. The maximum absolute atomic E-state index is 13.4. The number of hydrogen-bond donors (Lipinski definition) is 0. The van der Waals surface area contributed by atoms with Crippen LogP contribution < -0.4 is 9.47 Å². The molecule has 1 aliphatic heterocycles. The fraction of sp³-hybridized carbons (Fsp3) is 0.346. The molecule has 2 aromatic rings. The van der Waals surface area contributed by atoms with Gasteiger partial charge in [-0.2, -0.15) is 0 Å². The quantitative estimate of drug-likeness (QED) is 0.486. The van der Waals surface area contributed by atoms with Crippen molar-refractivity contribution in [3.05, 3.63) is 69.3 Å². The fourth-order valence-corrected chi connectivity index (χ4v) is 5.14. The number of methoxy groups -OCH3 is 2. The summed E-state index contributed by atoms with van der Waals surface area (Å²) in [6.07, 6.45) is 1.92. The molecule has 2 aliphatic rings. The maximum atomic E-state index is 13.4. The number of halogens is 1. The minimum atomic E-state index is -0.719. The molecule has 0 aromatic heterocycles. The van der Waals surface area contributed by atoms with Crippen LogP contribution in [0.15, 0.2) is 63.2 Å². The maximum Gasteiger partial charge on any atom is 0.315 e. The number of carbonyl (C=O) groups is 2. The highest BCUT2D eigenvalue weighted by Gasteiger charge is 2.44. The first-order valence-electron chi connectivity index (χ1n) is 10.9. The van der Waals surface area contributed by atoms with Crippen LogP contribution >= 0.6 is 15.9 Å². The van der Waals surface area contributed by atoms with E-state index < -0.39 is 17.8 Å². The molecule has 2 aromatic carbocycles. The monoisotopic (exact) mass is 511 g/mol. The lowest BCUT2D eigenvalue weighted by Gasteiger charge is -2.35. The molecule has 4 rings (SSSR count). The fourth-order valence-electron chi connectivity index (χ4n) is 4.57. The van der Waals surface area contributed by atoms with Crippen LogP contribution in [0.25, 0.3) is 0 Å². The minimum Gasteiger partial charge on any atom is -0.493 e. The summed E-state index contributed by atoms with van der Waals surface area (Å²) in [5, 5.41) is 0. The van der Waals surface area contributed by atoms with Crippen LogP contribution in [0.1, 0.15) is 43.2 Å². The van der Waals surface area contributed by atoms with Crippen molar-refractivity contribution < 1.29 is 23.8 Å². The summed E-state index contributed by atoms with van der Waals surface area (Å²) >= 11 is 3.63. The number of allylic oxidation sites excluding steroid dienone is 2. The molecule has 1 aliphatic carbocycles. The summed E-state index contributed by atoms with van der Waals surface area (Å²) in [6, 6.07) is 13.2. The smallest absolute Gasteiger partial charge is 0.315 e. The van der Waals surface area contributed by atoms with Gasteiger partial charge in [-0.25, -0.2) is 0 Å². The first-order chi connectivity index (χ1) is 15.9. The summed E-state index contributed by atoms with van der Waals surface area (Å²) < 4.78 is 17.4. The van der Waals surface area contributed by atoms with Gasteiger partial charge in [0.1, 0.15) is 12.5 Å². The van der Waals surface area contributed by atoms with Gasteiger partial charge in [-0.3, -0.25) is 14.6 Å². The van der Waals surface area contributed by atoms with Crippen LogP contribution in [-0.4, -0.2) is 31.7 Å². The molecule has 2 atom stereocenters. The third-order valence-electron chi connectivity index (χ3n) is 6.15. The Balaban J connectivity index is 1.78. The van der Waals surface area contributed by atoms with E-state index >= 15 is 0 Å². The van der Waals surface area contributed by atoms with Crippen molar-refractivity contribution in [3.8, 4) is 11.5 Å². The zero-order chi connectivity index (χ0) is 23.5. The highest BCUT2D eigenvalue weighted by molar-refractivity contribution is 9.10. The zero-order valence-electron chi connectivity index (χ0n) is 18.9. The lowest BCUT2D eigenvalue weighted by Crippen LogP contribution is -2.37. The van der Waals surface area contributed by atoms with Gasteiger partial charge in [-0.15, -0.1) is 0 Å². The summed E-state index contributed by atoms with van der Waals surface area (Å²) in [5.74, 6) is -0.539. The number of carbonyl (C=O) groups excluding carboxylic acids is 2. The lowest BCUT2D eigenvalue weighted by molar-refractivity contribution is -0.148. The standard InChI is InChI=1S/C26H26BrNO5/c1-15-23(26(30)33-14-16-8-5-4-6-9-16)24(25-19(28-15)10-7-11-20(25)29)17-12-21(31-2)22(32-3)13-18(17)27/h4-6,8-9,12-13,23-24H,7,10-11,14H2,1-3H3/t23?,24-/m0/s1. The molecule has 0 N–H and O–H groups in total. The van der Waals surface area contributed by atoms with Crippen molar-refractivity contribution in [2.24, 2.45) is 10.9 Å². The van der Waals surface area contributed by atoms with E-state index in [4.69, 9.17) is 19.2 Å². The van der Waals surface area contributed by atoms with Crippen molar-refractivity contribution >= 4 is 33.4 Å². The number of esters is 1. The second-order valence-corrected chi connectivity index (χ2v) is 9.02. The van der Waals surface area contributed by atoms with Crippen molar-refractivity contribution in [3.63, 3.8) is 0 Å². The molecule has 0 spiro atoms. The molecule has 7 heteroatoms. The first-order valence-corrected chi connectivity index (χ1v) is 11.7. The van der Waals surface area contributed by atoms with Crippen LogP contribution in [0.2, 0.25) is 0 Å². The number of nitrogens with zero attached hydrogens (tertiary/aromatic N) is 1. The van der Waals surface area contributed by atoms with E-state index in [0.29, 0.717) is 35.6 Å². The van der Waals surface area contributed by atoms with Crippen LogP contribution in [0.5, 0.6) is 11.5 Å². The molecule has 33 heavy (non-hydrogen) atoms. The van der Waals surface area contributed by atoms with Gasteiger partial charge < -0.3 is 14.2 Å². The van der Waals surface area contributed by atoms with Crippen LogP contribution in [0.4, 0.5) is 0 Å². The molecule has 0 saturated heterocycles. The predicted molar refractivity (Wildman–Crippen MR) is 129 cm³/mol. The first kappa shape index (κ1) is 23.2. The topological polar surface area (TPSA) is 74.2 Å². The van der Waals surface area contributed by atoms with Crippen molar-refractivity contribution in [1.82, 2.24) is 0 Å². The third-order valence-corrected chi connectivity index (χ3v) is 6.84. The number of ketones is 1. The number of ether oxygens (including phenoxy) is 3. The molecule has 1 heterocycles. The van der Waals surface area contributed by atoms with E-state index in [2.05, 4.69) is 15.9 Å². The molecular weight excluding hydrogens is 486 g/mol. The second-order valence-electron chi connectivity index (χ2n) is 8.17. The molecule has 0 fully saturated rings. The molecule has 1 unspecified atom stereocenters. The molecular formula is C26H26BrNO5. The Bertz CT molecular complexity index is 1140. The van der Waals surface area contributed by atoms with Crippen molar-refractivity contribution in [2.45, 2.75) is 38.7 Å². The number of benzene rings is 2. The van der Waals surface area contributed by atoms with Gasteiger partial charge in [-0.05, 0) is 43.0 Å². The number of hydrogen-bond acceptors (Lipinski definition) is 6. The Morgan fingerprint density at radius 2 is 1.79 bits per heavy atom. The van der Waals surface area contributed by atoms with Gasteiger partial charge in [-0.1, -0.05) is 46.3 Å². The predicted octanol–water partition coefficient (Wildman–Crippen LogP) is 5.39. The zero-order valence-corrected chi connectivity index (χ0v) is 20.5. The average Bonchev–Trinajstić information content (AvgIpc) is 2.82. The third kappa shape index (κ3) is 4.60. The number of aliphatic imine (C=N–C) groups is 1. The van der Waals surface area contributed by atoms with E-state index in [-0.39, 0.29) is 12.4 Å². The van der Waals surface area contributed by atoms with Gasteiger partial charge in [0, 0.05) is 33.8 Å². The molecule has 0 saturated carbocycles. The summed E-state index contributed by atoms with van der Waals surface area (Å²) in [5.41, 5.74) is 3.68. The van der Waals surface area contributed by atoms with E-state index in [1.807, 2.05) is 43.3 Å². The Labute approximate surface area is 201 Å². The Morgan fingerprint density at radius 3 is 2.48 bits per heavy atom. The molecule has 6 nitrogen and oxygen atoms in total. The largest absolute Gasteiger partial charge is 0.493 e. The summed E-state index contributed by atoms with van der Waals surface area (Å²) in [7, 11) is 3.13. The van der Waals surface area contributed by atoms with Gasteiger partial charge in [0.15, 0.2) is 17.3 Å². The molecule has 0 bridgehead atoms. The van der Waals surface area contributed by atoms with Crippen LogP contribution in [-0.2, 0) is 20.9 Å². The highest BCUT2D eigenvalue weighted by atomic mass is 79.9. The Kier molecular flexibility index (Phi) is 6.98. The highest BCUT2D eigenvalue weighted by Crippen LogP contribution is 2.47. The number of rotatable bonds is 6. The summed E-state index contributed by atoms with van der Waals surface area (Å²) in [4.78, 5) is 31.2. The average molecular weight is 512 g/mol. The summed E-state index contributed by atoms with van der Waals surface area (Å²) in [6.45, 7) is 1.99. The van der Waals surface area contributed by atoms with Gasteiger partial charge >= 0.3 is 5.97 Å². The van der Waals surface area contributed by atoms with E-state index in [1.54, 1.807) is 20.3 Å². The molecule has 0 radical (unpaired) electrons. The Morgan fingerprint density at radius 1 is 1.09 bits per heavy atom. The lowest BCUT2D eigenvalue weighted by atomic mass is 9.71. The van der Waals surface area contributed by atoms with Crippen molar-refractivity contribution in [1.29, 1.82) is 0 Å². The number of Topliss-reactive ketones (excluding diaryl/α,β-unsaturated/α-hetero) is 1. The van der Waals surface area contributed by atoms with E-state index in [1.165, 1.54) is 0 Å². The minimum absolute atomic E-state index is 0.0278. The van der Waals surface area contributed by atoms with Gasteiger partial charge in [0.05, 0.1) is 14.2 Å². The van der Waals surface area contributed by atoms with E-state index in [0.717, 1.165) is 27.7 Å². The van der Waals surface area contributed by atoms with Gasteiger partial charge in [0.25, 0.3) is 0 Å². The van der Waals surface area contributed by atoms with Crippen molar-refractivity contribution in [2.75, 3.05) is 14.2 Å². The molecule has 172 valence electrons. The molecule has 0 amide bonds. The second kappa shape index (κ2) is 9.91. The normalized spacial score (nSPS) is 20.1. The van der Waals surface area contributed by atoms with E-state index in [9.17, 15) is 9.59 Å². The van der Waals surface area contributed by atoms with Gasteiger partial charge in [0.2, 0.25) is 0 Å². The Hall–Kier alpha value is -2.93. The van der Waals surface area contributed by atoms with Crippen LogP contribution in [0.3, 0.4) is 0 Å². The van der Waals surface area contributed by atoms with Crippen LogP contribution in [0, 0.1) is 5.92 Å².